The Labute approximate surface area is 188 Å². The third-order valence-electron chi connectivity index (χ3n) is 5.28. The van der Waals surface area contributed by atoms with Crippen molar-refractivity contribution in [3.8, 4) is 11.4 Å². The van der Waals surface area contributed by atoms with Crippen LogP contribution >= 0.6 is 11.8 Å². The number of hydrogen-bond donors (Lipinski definition) is 1. The van der Waals surface area contributed by atoms with Gasteiger partial charge in [0.1, 0.15) is 11.6 Å². The van der Waals surface area contributed by atoms with Gasteiger partial charge in [0.15, 0.2) is 5.78 Å². The Morgan fingerprint density at radius 1 is 1.09 bits per heavy atom. The lowest BCUT2D eigenvalue weighted by atomic mass is 10.1. The van der Waals surface area contributed by atoms with Gasteiger partial charge < -0.3 is 9.67 Å². The molecule has 0 unspecified atom stereocenters. The predicted molar refractivity (Wildman–Crippen MR) is 120 cm³/mol. The SMILES string of the molecule is Cc1cc(C(=O)CSc2nnnn2-c2ccc(O)cc2)c(C)n1CCc1ccc(F)cc1. The first-order chi connectivity index (χ1) is 15.4. The smallest absolute Gasteiger partial charge is 0.214 e. The number of carbonyl (C=O) groups excluding carboxylic acids is 1. The minimum absolute atomic E-state index is 0.00334. The van der Waals surface area contributed by atoms with Crippen molar-refractivity contribution in [1.82, 2.24) is 24.8 Å². The van der Waals surface area contributed by atoms with Crippen LogP contribution < -0.4 is 0 Å². The van der Waals surface area contributed by atoms with Gasteiger partial charge in [0.2, 0.25) is 5.16 Å². The van der Waals surface area contributed by atoms with Crippen LogP contribution in [0.5, 0.6) is 5.75 Å². The predicted octanol–water partition coefficient (Wildman–Crippen LogP) is 4.14. The van der Waals surface area contributed by atoms with Gasteiger partial charge in [0, 0.05) is 23.5 Å². The summed E-state index contributed by atoms with van der Waals surface area (Å²) in [4.78, 5) is 12.9. The van der Waals surface area contributed by atoms with Crippen molar-refractivity contribution >= 4 is 17.5 Å². The summed E-state index contributed by atoms with van der Waals surface area (Å²) in [7, 11) is 0. The Morgan fingerprint density at radius 3 is 2.53 bits per heavy atom. The van der Waals surface area contributed by atoms with E-state index in [1.165, 1.54) is 28.6 Å². The van der Waals surface area contributed by atoms with Crippen molar-refractivity contribution in [1.29, 1.82) is 0 Å². The zero-order valence-corrected chi connectivity index (χ0v) is 18.5. The second-order valence-corrected chi connectivity index (χ2v) is 8.36. The Balaban J connectivity index is 1.43. The van der Waals surface area contributed by atoms with Crippen molar-refractivity contribution in [3.63, 3.8) is 0 Å². The number of benzene rings is 2. The van der Waals surface area contributed by atoms with E-state index in [-0.39, 0.29) is 23.1 Å². The summed E-state index contributed by atoms with van der Waals surface area (Å²) in [6, 6.07) is 14.9. The lowest BCUT2D eigenvalue weighted by Gasteiger charge is -2.10. The highest BCUT2D eigenvalue weighted by molar-refractivity contribution is 7.99. The highest BCUT2D eigenvalue weighted by Crippen LogP contribution is 2.23. The molecule has 0 aliphatic rings. The molecule has 0 saturated heterocycles. The fourth-order valence-corrected chi connectivity index (χ4v) is 4.33. The molecule has 0 bridgehead atoms. The number of halogens is 1. The van der Waals surface area contributed by atoms with Gasteiger partial charge in [0.05, 0.1) is 11.4 Å². The van der Waals surface area contributed by atoms with Gasteiger partial charge in [-0.05, 0) is 78.7 Å². The minimum Gasteiger partial charge on any atom is -0.508 e. The Morgan fingerprint density at radius 2 is 1.81 bits per heavy atom. The largest absolute Gasteiger partial charge is 0.508 e. The van der Waals surface area contributed by atoms with E-state index < -0.39 is 0 Å². The van der Waals surface area contributed by atoms with Gasteiger partial charge in [0.25, 0.3) is 0 Å². The van der Waals surface area contributed by atoms with Gasteiger partial charge in [-0.15, -0.1) is 5.10 Å². The van der Waals surface area contributed by atoms with Crippen LogP contribution in [0.1, 0.15) is 27.3 Å². The number of nitrogens with zero attached hydrogens (tertiary/aromatic N) is 5. The Bertz CT molecular complexity index is 1230. The number of rotatable bonds is 8. The van der Waals surface area contributed by atoms with Crippen LogP contribution in [-0.2, 0) is 13.0 Å². The van der Waals surface area contributed by atoms with E-state index in [9.17, 15) is 14.3 Å². The van der Waals surface area contributed by atoms with E-state index in [0.29, 0.717) is 23.0 Å². The lowest BCUT2D eigenvalue weighted by Crippen LogP contribution is -2.09. The average Bonchev–Trinajstić information content (AvgIpc) is 3.36. The fourth-order valence-electron chi connectivity index (χ4n) is 3.55. The van der Waals surface area contributed by atoms with Gasteiger partial charge >= 0.3 is 0 Å². The summed E-state index contributed by atoms with van der Waals surface area (Å²) >= 11 is 1.26. The molecule has 2 heterocycles. The number of tetrazole rings is 1. The molecule has 32 heavy (non-hydrogen) atoms. The van der Waals surface area contributed by atoms with Crippen LogP contribution in [0.3, 0.4) is 0 Å². The third-order valence-corrected chi connectivity index (χ3v) is 6.20. The maximum atomic E-state index is 13.1. The number of phenolic OH excluding ortho intramolecular Hbond substituents is 1. The summed E-state index contributed by atoms with van der Waals surface area (Å²) in [6.07, 6.45) is 0.750. The van der Waals surface area contributed by atoms with Crippen LogP contribution in [0.15, 0.2) is 59.8 Å². The molecule has 0 saturated carbocycles. The number of aryl methyl sites for hydroxylation is 2. The average molecular weight is 452 g/mol. The van der Waals surface area contributed by atoms with Crippen molar-refractivity contribution in [2.75, 3.05) is 5.75 Å². The Hall–Kier alpha value is -3.46. The maximum absolute atomic E-state index is 13.1. The molecule has 0 aliphatic carbocycles. The number of ketones is 1. The molecule has 0 aliphatic heterocycles. The lowest BCUT2D eigenvalue weighted by molar-refractivity contribution is 0.102. The number of Topliss-reactive ketones (excluding diaryl/α,β-unsaturated/α-hetero) is 1. The summed E-state index contributed by atoms with van der Waals surface area (Å²) in [5.74, 6) is 0.0991. The van der Waals surface area contributed by atoms with Crippen molar-refractivity contribution in [2.45, 2.75) is 32.0 Å². The van der Waals surface area contributed by atoms with E-state index in [1.807, 2.05) is 19.9 Å². The normalized spacial score (nSPS) is 11.1. The van der Waals surface area contributed by atoms with Gasteiger partial charge in [-0.1, -0.05) is 23.9 Å². The van der Waals surface area contributed by atoms with Crippen LogP contribution in [-0.4, -0.2) is 41.4 Å². The van der Waals surface area contributed by atoms with E-state index in [4.69, 9.17) is 0 Å². The fraction of sp³-hybridized carbons (Fsp3) is 0.217. The monoisotopic (exact) mass is 451 g/mol. The van der Waals surface area contributed by atoms with E-state index in [1.54, 1.807) is 36.4 Å². The molecule has 0 amide bonds. The molecule has 7 nitrogen and oxygen atoms in total. The maximum Gasteiger partial charge on any atom is 0.214 e. The van der Waals surface area contributed by atoms with Gasteiger partial charge in [-0.25, -0.2) is 4.39 Å². The number of phenols is 1. The highest BCUT2D eigenvalue weighted by Gasteiger charge is 2.18. The molecule has 0 radical (unpaired) electrons. The summed E-state index contributed by atoms with van der Waals surface area (Å²) in [5.41, 5.74) is 4.34. The molecule has 9 heteroatoms. The quantitative estimate of drug-likeness (QED) is 0.320. The summed E-state index contributed by atoms with van der Waals surface area (Å²) in [6.45, 7) is 4.63. The molecule has 2 aromatic heterocycles. The summed E-state index contributed by atoms with van der Waals surface area (Å²) in [5, 5.41) is 21.7. The van der Waals surface area contributed by atoms with Crippen LogP contribution in [0, 0.1) is 19.7 Å². The standard InChI is InChI=1S/C23H22FN5O2S/c1-15-13-21(16(2)28(15)12-11-17-3-5-18(24)6-4-17)22(31)14-32-23-25-26-27-29(23)19-7-9-20(30)10-8-19/h3-10,13,30H,11-12,14H2,1-2H3. The van der Waals surface area contributed by atoms with Crippen LogP contribution in [0.2, 0.25) is 0 Å². The summed E-state index contributed by atoms with van der Waals surface area (Å²) < 4.78 is 16.8. The minimum atomic E-state index is -0.246. The van der Waals surface area contributed by atoms with E-state index >= 15 is 0 Å². The molecule has 164 valence electrons. The molecule has 0 fully saturated rings. The first-order valence-corrected chi connectivity index (χ1v) is 11.1. The topological polar surface area (TPSA) is 85.8 Å². The van der Waals surface area contributed by atoms with Gasteiger partial charge in [-0.2, -0.15) is 4.68 Å². The first-order valence-electron chi connectivity index (χ1n) is 10.1. The number of carbonyl (C=O) groups is 1. The van der Waals surface area contributed by atoms with Crippen molar-refractivity contribution in [2.24, 2.45) is 0 Å². The van der Waals surface area contributed by atoms with E-state index in [2.05, 4.69) is 20.1 Å². The highest BCUT2D eigenvalue weighted by atomic mass is 32.2. The first kappa shape index (κ1) is 21.8. The van der Waals surface area contributed by atoms with Crippen molar-refractivity contribution < 1.29 is 14.3 Å². The van der Waals surface area contributed by atoms with E-state index in [0.717, 1.165) is 23.4 Å². The number of aromatic hydroxyl groups is 1. The van der Waals surface area contributed by atoms with Crippen LogP contribution in [0.25, 0.3) is 5.69 Å². The Kier molecular flexibility index (Phi) is 6.36. The molecular formula is C23H22FN5O2S. The second kappa shape index (κ2) is 9.35. The zero-order valence-electron chi connectivity index (χ0n) is 17.7. The molecule has 4 rings (SSSR count). The zero-order chi connectivity index (χ0) is 22.7. The number of hydrogen-bond acceptors (Lipinski definition) is 6. The van der Waals surface area contributed by atoms with Gasteiger partial charge in [-0.3, -0.25) is 4.79 Å². The molecule has 2 aromatic carbocycles. The molecular weight excluding hydrogens is 429 g/mol. The van der Waals surface area contributed by atoms with Crippen LogP contribution in [0.4, 0.5) is 4.39 Å². The molecule has 0 atom stereocenters. The molecule has 1 N–H and O–H groups in total. The molecule has 0 spiro atoms. The number of thioether (sulfide) groups is 1. The second-order valence-electron chi connectivity index (χ2n) is 7.41. The third kappa shape index (κ3) is 4.72. The number of aromatic nitrogens is 5. The van der Waals surface area contributed by atoms with Crippen molar-refractivity contribution in [3.05, 3.63) is 82.9 Å². The molecule has 4 aromatic rings.